The van der Waals surface area contributed by atoms with Crippen LogP contribution in [0.1, 0.15) is 25.3 Å². The van der Waals surface area contributed by atoms with E-state index in [-0.39, 0.29) is 5.82 Å². The molecule has 0 spiro atoms. The van der Waals surface area contributed by atoms with Gasteiger partial charge < -0.3 is 15.0 Å². The van der Waals surface area contributed by atoms with Gasteiger partial charge in [-0.15, -0.1) is 0 Å². The molecule has 25 heavy (non-hydrogen) atoms. The Morgan fingerprint density at radius 1 is 1.28 bits per heavy atom. The van der Waals surface area contributed by atoms with E-state index in [4.69, 9.17) is 28.6 Å². The Labute approximate surface area is 157 Å². The molecule has 3 rings (SSSR count). The van der Waals surface area contributed by atoms with E-state index in [0.717, 1.165) is 24.3 Å². The minimum atomic E-state index is -0.304. The van der Waals surface area contributed by atoms with Crippen LogP contribution in [0.2, 0.25) is 5.02 Å². The van der Waals surface area contributed by atoms with E-state index < -0.39 is 0 Å². The highest BCUT2D eigenvalue weighted by molar-refractivity contribution is 7.80. The van der Waals surface area contributed by atoms with Crippen LogP contribution in [0.3, 0.4) is 0 Å². The summed E-state index contributed by atoms with van der Waals surface area (Å²) >= 11 is 11.7. The van der Waals surface area contributed by atoms with Gasteiger partial charge in [-0.25, -0.2) is 4.39 Å². The first-order valence-electron chi connectivity index (χ1n) is 8.32. The molecule has 1 aliphatic carbocycles. The summed E-state index contributed by atoms with van der Waals surface area (Å²) in [7, 11) is 0. The van der Waals surface area contributed by atoms with E-state index in [0.29, 0.717) is 34.9 Å². The first-order chi connectivity index (χ1) is 12.1. The number of halogens is 2. The Kier molecular flexibility index (Phi) is 5.76. The smallest absolute Gasteiger partial charge is 0.173 e. The maximum absolute atomic E-state index is 14.1. The normalized spacial score (nSPS) is 13.4. The molecule has 1 N–H and O–H groups in total. The van der Waals surface area contributed by atoms with Gasteiger partial charge in [0.05, 0.1) is 6.61 Å². The van der Waals surface area contributed by atoms with Crippen molar-refractivity contribution in [1.82, 2.24) is 4.90 Å². The molecule has 2 aromatic rings. The molecule has 6 heteroatoms. The maximum atomic E-state index is 14.1. The zero-order valence-electron chi connectivity index (χ0n) is 14.0. The van der Waals surface area contributed by atoms with Crippen molar-refractivity contribution >= 4 is 34.6 Å². The van der Waals surface area contributed by atoms with Crippen LogP contribution in [0.5, 0.6) is 5.75 Å². The maximum Gasteiger partial charge on any atom is 0.173 e. The van der Waals surface area contributed by atoms with Crippen LogP contribution in [-0.4, -0.2) is 22.7 Å². The number of anilines is 1. The van der Waals surface area contributed by atoms with Gasteiger partial charge in [0.25, 0.3) is 0 Å². The highest BCUT2D eigenvalue weighted by Crippen LogP contribution is 2.31. The van der Waals surface area contributed by atoms with Crippen molar-refractivity contribution in [2.24, 2.45) is 0 Å². The predicted molar refractivity (Wildman–Crippen MR) is 104 cm³/mol. The molecule has 0 atom stereocenters. The zero-order chi connectivity index (χ0) is 17.8. The van der Waals surface area contributed by atoms with E-state index in [1.165, 1.54) is 6.07 Å². The lowest BCUT2D eigenvalue weighted by atomic mass is 10.2. The van der Waals surface area contributed by atoms with Crippen molar-refractivity contribution in [1.29, 1.82) is 0 Å². The Hall–Kier alpha value is -1.85. The number of benzene rings is 2. The zero-order valence-corrected chi connectivity index (χ0v) is 15.5. The van der Waals surface area contributed by atoms with Crippen molar-refractivity contribution in [3.8, 4) is 5.75 Å². The van der Waals surface area contributed by atoms with Crippen LogP contribution in [0.4, 0.5) is 10.1 Å². The average Bonchev–Trinajstić information content (AvgIpc) is 3.41. The largest absolute Gasteiger partial charge is 0.494 e. The van der Waals surface area contributed by atoms with Gasteiger partial charge >= 0.3 is 0 Å². The Morgan fingerprint density at radius 3 is 2.60 bits per heavy atom. The molecule has 0 unspecified atom stereocenters. The molecule has 0 amide bonds. The average molecular weight is 379 g/mol. The summed E-state index contributed by atoms with van der Waals surface area (Å²) in [6.07, 6.45) is 2.11. The highest BCUT2D eigenvalue weighted by Gasteiger charge is 2.31. The summed E-state index contributed by atoms with van der Waals surface area (Å²) in [5.74, 6) is 0.512. The molecule has 0 saturated heterocycles. The third-order valence-corrected chi connectivity index (χ3v) is 4.75. The molecule has 132 valence electrons. The Bertz CT molecular complexity index is 729. The lowest BCUT2D eigenvalue weighted by Gasteiger charge is -2.26. The lowest BCUT2D eigenvalue weighted by molar-refractivity contribution is 0.340. The molecule has 1 saturated carbocycles. The molecule has 1 fully saturated rings. The van der Waals surface area contributed by atoms with Crippen molar-refractivity contribution in [3.63, 3.8) is 0 Å². The number of nitrogens with zero attached hydrogens (tertiary/aromatic N) is 1. The molecule has 0 aromatic heterocycles. The Morgan fingerprint density at radius 2 is 2.00 bits per heavy atom. The van der Waals surface area contributed by atoms with E-state index in [9.17, 15) is 4.39 Å². The molecule has 0 aliphatic heterocycles. The van der Waals surface area contributed by atoms with Gasteiger partial charge in [0.2, 0.25) is 0 Å². The quantitative estimate of drug-likeness (QED) is 0.695. The summed E-state index contributed by atoms with van der Waals surface area (Å²) in [6.45, 7) is 2.94. The molecular weight excluding hydrogens is 359 g/mol. The molecule has 0 heterocycles. The van der Waals surface area contributed by atoms with Gasteiger partial charge in [-0.2, -0.15) is 0 Å². The van der Waals surface area contributed by atoms with E-state index in [2.05, 4.69) is 5.32 Å². The van der Waals surface area contributed by atoms with Crippen LogP contribution < -0.4 is 10.1 Å². The summed E-state index contributed by atoms with van der Waals surface area (Å²) < 4.78 is 19.6. The van der Waals surface area contributed by atoms with Gasteiger partial charge in [-0.3, -0.25) is 0 Å². The van der Waals surface area contributed by atoms with Gasteiger partial charge in [-0.05, 0) is 68.4 Å². The minimum Gasteiger partial charge on any atom is -0.494 e. The fourth-order valence-electron chi connectivity index (χ4n) is 2.60. The fraction of sp³-hybridized carbons (Fsp3) is 0.316. The van der Waals surface area contributed by atoms with Crippen LogP contribution in [0.15, 0.2) is 42.5 Å². The molecule has 3 nitrogen and oxygen atoms in total. The van der Waals surface area contributed by atoms with Crippen LogP contribution in [0.25, 0.3) is 0 Å². The lowest BCUT2D eigenvalue weighted by Crippen LogP contribution is -2.36. The number of thiocarbonyl (C=S) groups is 1. The van der Waals surface area contributed by atoms with E-state index in [1.54, 1.807) is 12.1 Å². The Balaban J connectivity index is 1.71. The number of hydrogen-bond acceptors (Lipinski definition) is 2. The van der Waals surface area contributed by atoms with Crippen molar-refractivity contribution in [2.45, 2.75) is 32.4 Å². The number of rotatable bonds is 6. The van der Waals surface area contributed by atoms with Gasteiger partial charge in [-0.1, -0.05) is 17.7 Å². The van der Waals surface area contributed by atoms with Crippen molar-refractivity contribution < 1.29 is 9.13 Å². The second-order valence-corrected chi connectivity index (χ2v) is 6.74. The van der Waals surface area contributed by atoms with Crippen LogP contribution in [-0.2, 0) is 6.54 Å². The van der Waals surface area contributed by atoms with Crippen LogP contribution in [0, 0.1) is 5.82 Å². The summed E-state index contributed by atoms with van der Waals surface area (Å²) in [5.41, 5.74) is 1.35. The SMILES string of the molecule is CCOc1ccc(NC(=S)N(Cc2c(F)cccc2Cl)C2CC2)cc1. The van der Waals surface area contributed by atoms with E-state index >= 15 is 0 Å². The number of ether oxygens (including phenoxy) is 1. The summed E-state index contributed by atoms with van der Waals surface area (Å²) in [4.78, 5) is 2.01. The monoisotopic (exact) mass is 378 g/mol. The minimum absolute atomic E-state index is 0.304. The van der Waals surface area contributed by atoms with Gasteiger partial charge in [0, 0.05) is 28.9 Å². The fourth-order valence-corrected chi connectivity index (χ4v) is 3.16. The summed E-state index contributed by atoms with van der Waals surface area (Å²) in [6, 6.07) is 12.7. The van der Waals surface area contributed by atoms with Crippen molar-refractivity contribution in [3.05, 3.63) is 58.9 Å². The standard InChI is InChI=1S/C19H20ClFN2OS/c1-2-24-15-10-6-13(7-11-15)22-19(25)23(14-8-9-14)12-16-17(20)4-3-5-18(16)21/h3-7,10-11,14H,2,8-9,12H2,1H3,(H,22,25). The highest BCUT2D eigenvalue weighted by atomic mass is 35.5. The molecule has 0 bridgehead atoms. The second-order valence-electron chi connectivity index (χ2n) is 5.95. The molecule has 2 aromatic carbocycles. The summed E-state index contributed by atoms with van der Waals surface area (Å²) in [5, 5.41) is 4.23. The third-order valence-electron chi connectivity index (χ3n) is 4.06. The van der Waals surface area contributed by atoms with Gasteiger partial charge in [0.15, 0.2) is 5.11 Å². The predicted octanol–water partition coefficient (Wildman–Crippen LogP) is 5.24. The van der Waals surface area contributed by atoms with E-state index in [1.807, 2.05) is 36.1 Å². The molecule has 0 radical (unpaired) electrons. The first-order valence-corrected chi connectivity index (χ1v) is 9.10. The molecule has 1 aliphatic rings. The first kappa shape index (κ1) is 18.0. The third kappa shape index (κ3) is 4.61. The van der Waals surface area contributed by atoms with Gasteiger partial charge in [0.1, 0.15) is 11.6 Å². The second kappa shape index (κ2) is 8.02. The van der Waals surface area contributed by atoms with Crippen molar-refractivity contribution in [2.75, 3.05) is 11.9 Å². The topological polar surface area (TPSA) is 24.5 Å². The van der Waals surface area contributed by atoms with Crippen LogP contribution >= 0.6 is 23.8 Å². The number of hydrogen-bond donors (Lipinski definition) is 1. The number of nitrogens with one attached hydrogen (secondary N) is 1. The molecular formula is C19H20ClFN2OS.